The van der Waals surface area contributed by atoms with Crippen LogP contribution in [0.25, 0.3) is 0 Å². The first-order valence-corrected chi connectivity index (χ1v) is 7.18. The lowest BCUT2D eigenvalue weighted by Crippen LogP contribution is -2.31. The smallest absolute Gasteiger partial charge is 0.320 e. The van der Waals surface area contributed by atoms with Crippen molar-refractivity contribution in [3.05, 3.63) is 35.9 Å². The summed E-state index contributed by atoms with van der Waals surface area (Å²) in [6, 6.07) is 10.3. The van der Waals surface area contributed by atoms with E-state index in [1.165, 1.54) is 18.4 Å². The molecular formula is C16H25NO2. The number of hydrogen-bond donors (Lipinski definition) is 0. The Hall–Kier alpha value is -1.35. The number of nitrogens with zero attached hydrogens (tertiary/aromatic N) is 1. The summed E-state index contributed by atoms with van der Waals surface area (Å²) in [4.78, 5) is 13.8. The first-order chi connectivity index (χ1) is 9.26. The number of benzene rings is 1. The minimum absolute atomic E-state index is 0.130. The average molecular weight is 263 g/mol. The highest BCUT2D eigenvalue weighted by molar-refractivity contribution is 5.71. The SMILES string of the molecule is CCCCCN(CC(=O)OCC)Cc1ccccc1. The van der Waals surface area contributed by atoms with Gasteiger partial charge in [0.05, 0.1) is 13.2 Å². The zero-order valence-electron chi connectivity index (χ0n) is 12.1. The maximum Gasteiger partial charge on any atom is 0.320 e. The molecule has 1 rings (SSSR count). The molecule has 0 saturated carbocycles. The Balaban J connectivity index is 2.50. The van der Waals surface area contributed by atoms with Gasteiger partial charge in [0.25, 0.3) is 0 Å². The van der Waals surface area contributed by atoms with Gasteiger partial charge in [-0.1, -0.05) is 50.1 Å². The van der Waals surface area contributed by atoms with E-state index in [0.29, 0.717) is 13.2 Å². The van der Waals surface area contributed by atoms with Gasteiger partial charge in [-0.2, -0.15) is 0 Å². The van der Waals surface area contributed by atoms with Crippen molar-refractivity contribution in [3.63, 3.8) is 0 Å². The molecule has 0 aliphatic rings. The predicted molar refractivity (Wildman–Crippen MR) is 77.9 cm³/mol. The highest BCUT2D eigenvalue weighted by atomic mass is 16.5. The molecule has 0 bridgehead atoms. The number of carbonyl (C=O) groups is 1. The quantitative estimate of drug-likeness (QED) is 0.506. The second kappa shape index (κ2) is 9.56. The lowest BCUT2D eigenvalue weighted by Gasteiger charge is -2.21. The van der Waals surface area contributed by atoms with Crippen LogP contribution in [-0.2, 0) is 16.1 Å². The molecule has 0 heterocycles. The molecule has 3 heteroatoms. The molecule has 0 atom stereocenters. The maximum absolute atomic E-state index is 11.6. The van der Waals surface area contributed by atoms with Gasteiger partial charge in [-0.15, -0.1) is 0 Å². The van der Waals surface area contributed by atoms with Crippen LogP contribution in [0.15, 0.2) is 30.3 Å². The Kier molecular flexibility index (Phi) is 7.91. The maximum atomic E-state index is 11.6. The predicted octanol–water partition coefficient (Wildman–Crippen LogP) is 3.24. The fraction of sp³-hybridized carbons (Fsp3) is 0.562. The van der Waals surface area contributed by atoms with E-state index in [-0.39, 0.29) is 5.97 Å². The Morgan fingerprint density at radius 1 is 1.16 bits per heavy atom. The molecule has 0 unspecified atom stereocenters. The first kappa shape index (κ1) is 15.7. The van der Waals surface area contributed by atoms with Crippen LogP contribution in [0.2, 0.25) is 0 Å². The van der Waals surface area contributed by atoms with Gasteiger partial charge in [0, 0.05) is 6.54 Å². The zero-order chi connectivity index (χ0) is 13.9. The van der Waals surface area contributed by atoms with Crippen LogP contribution < -0.4 is 0 Å². The summed E-state index contributed by atoms with van der Waals surface area (Å²) in [5, 5.41) is 0. The monoisotopic (exact) mass is 263 g/mol. The molecule has 0 amide bonds. The fourth-order valence-electron chi connectivity index (χ4n) is 2.03. The van der Waals surface area contributed by atoms with Crippen molar-refractivity contribution in [2.24, 2.45) is 0 Å². The van der Waals surface area contributed by atoms with Gasteiger partial charge < -0.3 is 4.74 Å². The Morgan fingerprint density at radius 2 is 1.89 bits per heavy atom. The third-order valence-electron chi connectivity index (χ3n) is 2.98. The molecule has 0 N–H and O–H groups in total. The Morgan fingerprint density at radius 3 is 2.53 bits per heavy atom. The molecule has 0 aliphatic carbocycles. The van der Waals surface area contributed by atoms with E-state index in [2.05, 4.69) is 24.0 Å². The van der Waals surface area contributed by atoms with Crippen LogP contribution in [-0.4, -0.2) is 30.6 Å². The molecule has 1 aromatic carbocycles. The molecule has 0 aliphatic heterocycles. The van der Waals surface area contributed by atoms with E-state index in [1.54, 1.807) is 0 Å². The van der Waals surface area contributed by atoms with E-state index in [0.717, 1.165) is 19.5 Å². The number of hydrogen-bond acceptors (Lipinski definition) is 3. The molecule has 0 radical (unpaired) electrons. The van der Waals surface area contributed by atoms with E-state index < -0.39 is 0 Å². The van der Waals surface area contributed by atoms with Gasteiger partial charge in [0.15, 0.2) is 0 Å². The normalized spacial score (nSPS) is 10.7. The molecule has 19 heavy (non-hydrogen) atoms. The lowest BCUT2D eigenvalue weighted by atomic mass is 10.2. The standard InChI is InChI=1S/C16H25NO2/c1-3-5-9-12-17(14-16(18)19-4-2)13-15-10-7-6-8-11-15/h6-8,10-11H,3-5,9,12-14H2,1-2H3. The number of carbonyl (C=O) groups excluding carboxylic acids is 1. The van der Waals surface area contributed by atoms with Crippen molar-refractivity contribution in [2.45, 2.75) is 39.7 Å². The second-order valence-electron chi connectivity index (χ2n) is 4.71. The molecule has 0 fully saturated rings. The summed E-state index contributed by atoms with van der Waals surface area (Å²) in [7, 11) is 0. The van der Waals surface area contributed by atoms with Gasteiger partial charge in [-0.25, -0.2) is 0 Å². The first-order valence-electron chi connectivity index (χ1n) is 7.18. The van der Waals surface area contributed by atoms with Gasteiger partial charge in [-0.3, -0.25) is 9.69 Å². The Bertz CT molecular complexity index is 351. The van der Waals surface area contributed by atoms with Gasteiger partial charge >= 0.3 is 5.97 Å². The minimum atomic E-state index is -0.130. The van der Waals surface area contributed by atoms with Crippen molar-refractivity contribution in [1.29, 1.82) is 0 Å². The van der Waals surface area contributed by atoms with Crippen LogP contribution in [0.1, 0.15) is 38.7 Å². The summed E-state index contributed by atoms with van der Waals surface area (Å²) in [6.07, 6.45) is 3.52. The Labute approximate surface area is 116 Å². The van der Waals surface area contributed by atoms with Crippen molar-refractivity contribution >= 4 is 5.97 Å². The number of unbranched alkanes of at least 4 members (excludes halogenated alkanes) is 2. The number of rotatable bonds is 9. The van der Waals surface area contributed by atoms with Crippen LogP contribution >= 0.6 is 0 Å². The largest absolute Gasteiger partial charge is 0.465 e. The lowest BCUT2D eigenvalue weighted by molar-refractivity contribution is -0.144. The third kappa shape index (κ3) is 6.97. The molecule has 0 aromatic heterocycles. The van der Waals surface area contributed by atoms with Crippen molar-refractivity contribution in [2.75, 3.05) is 19.7 Å². The van der Waals surface area contributed by atoms with Gasteiger partial charge in [0.1, 0.15) is 0 Å². The summed E-state index contributed by atoms with van der Waals surface area (Å²) in [6.45, 7) is 6.62. The fourth-order valence-corrected chi connectivity index (χ4v) is 2.03. The van der Waals surface area contributed by atoms with E-state index >= 15 is 0 Å². The van der Waals surface area contributed by atoms with Crippen LogP contribution in [0, 0.1) is 0 Å². The molecule has 3 nitrogen and oxygen atoms in total. The van der Waals surface area contributed by atoms with Crippen LogP contribution in [0.5, 0.6) is 0 Å². The average Bonchev–Trinajstić information content (AvgIpc) is 2.40. The number of esters is 1. The van der Waals surface area contributed by atoms with Crippen LogP contribution in [0.3, 0.4) is 0 Å². The van der Waals surface area contributed by atoms with Crippen molar-refractivity contribution in [3.8, 4) is 0 Å². The van der Waals surface area contributed by atoms with E-state index in [1.807, 2.05) is 25.1 Å². The number of ether oxygens (including phenoxy) is 1. The van der Waals surface area contributed by atoms with Crippen molar-refractivity contribution < 1.29 is 9.53 Å². The summed E-state index contributed by atoms with van der Waals surface area (Å²) in [5.41, 5.74) is 1.24. The molecular weight excluding hydrogens is 238 g/mol. The summed E-state index contributed by atoms with van der Waals surface area (Å²) >= 11 is 0. The molecule has 0 spiro atoms. The zero-order valence-corrected chi connectivity index (χ0v) is 12.1. The minimum Gasteiger partial charge on any atom is -0.465 e. The van der Waals surface area contributed by atoms with Crippen LogP contribution in [0.4, 0.5) is 0 Å². The third-order valence-corrected chi connectivity index (χ3v) is 2.98. The highest BCUT2D eigenvalue weighted by Gasteiger charge is 2.11. The summed E-state index contributed by atoms with van der Waals surface area (Å²) < 4.78 is 5.04. The van der Waals surface area contributed by atoms with E-state index in [9.17, 15) is 4.79 Å². The second-order valence-corrected chi connectivity index (χ2v) is 4.71. The van der Waals surface area contributed by atoms with Gasteiger partial charge in [0.2, 0.25) is 0 Å². The van der Waals surface area contributed by atoms with Gasteiger partial charge in [-0.05, 0) is 25.5 Å². The topological polar surface area (TPSA) is 29.5 Å². The highest BCUT2D eigenvalue weighted by Crippen LogP contribution is 2.07. The summed E-state index contributed by atoms with van der Waals surface area (Å²) in [5.74, 6) is -0.130. The molecule has 1 aromatic rings. The van der Waals surface area contributed by atoms with E-state index in [4.69, 9.17) is 4.74 Å². The molecule has 0 saturated heterocycles. The molecule has 106 valence electrons. The van der Waals surface area contributed by atoms with Crippen molar-refractivity contribution in [1.82, 2.24) is 4.90 Å².